The molecule has 0 radical (unpaired) electrons. The zero-order valence-electron chi connectivity index (χ0n) is 15.4. The second kappa shape index (κ2) is 7.89. The topological polar surface area (TPSA) is 94.3 Å². The largest absolute Gasteiger partial charge is 0.497 e. The van der Waals surface area contributed by atoms with E-state index in [0.29, 0.717) is 29.5 Å². The molecule has 0 amide bonds. The first-order valence-corrected chi connectivity index (χ1v) is 9.91. The highest BCUT2D eigenvalue weighted by molar-refractivity contribution is 7.89. The zero-order valence-corrected chi connectivity index (χ0v) is 16.2. The van der Waals surface area contributed by atoms with E-state index in [-0.39, 0.29) is 11.4 Å². The molecule has 2 aromatic carbocycles. The Morgan fingerprint density at radius 3 is 2.70 bits per heavy atom. The quantitative estimate of drug-likeness (QED) is 0.670. The summed E-state index contributed by atoms with van der Waals surface area (Å²) in [5.41, 5.74) is 2.33. The summed E-state index contributed by atoms with van der Waals surface area (Å²) in [7, 11) is -2.01. The fourth-order valence-corrected chi connectivity index (χ4v) is 3.95. The van der Waals surface area contributed by atoms with Gasteiger partial charge in [-0.2, -0.15) is 0 Å². The van der Waals surface area contributed by atoms with Crippen LogP contribution in [0.3, 0.4) is 0 Å². The third-order valence-electron chi connectivity index (χ3n) is 4.05. The van der Waals surface area contributed by atoms with Crippen molar-refractivity contribution in [2.24, 2.45) is 0 Å². The molecule has 0 spiro atoms. The first kappa shape index (κ1) is 19.1. The lowest BCUT2D eigenvalue weighted by molar-refractivity contribution is 0.414. The minimum absolute atomic E-state index is 0.162. The Kier molecular flexibility index (Phi) is 5.57. The summed E-state index contributed by atoms with van der Waals surface area (Å²) >= 11 is 0. The smallest absolute Gasteiger partial charge is 0.247 e. The highest BCUT2D eigenvalue weighted by Gasteiger charge is 2.17. The van der Waals surface area contributed by atoms with Crippen LogP contribution in [-0.4, -0.2) is 32.3 Å². The molecule has 0 aliphatic carbocycles. The standard InChI is InChI=1S/C19H21N3O4S/c1-13-7-8-14(2)17(11-13)27(23,24)20-10-9-18-21-22-19(26-18)15-5-4-6-16(12-15)25-3/h4-8,11-12,20H,9-10H2,1-3H3. The molecular formula is C19H21N3O4S. The Balaban J connectivity index is 1.66. The Hall–Kier alpha value is -2.71. The highest BCUT2D eigenvalue weighted by Crippen LogP contribution is 2.22. The summed E-state index contributed by atoms with van der Waals surface area (Å²) in [4.78, 5) is 0.282. The highest BCUT2D eigenvalue weighted by atomic mass is 32.2. The molecule has 0 aliphatic heterocycles. The van der Waals surface area contributed by atoms with Gasteiger partial charge in [-0.1, -0.05) is 18.2 Å². The van der Waals surface area contributed by atoms with E-state index in [1.807, 2.05) is 31.2 Å². The van der Waals surface area contributed by atoms with Crippen molar-refractivity contribution >= 4 is 10.0 Å². The number of aryl methyl sites for hydroxylation is 2. The molecule has 1 heterocycles. The lowest BCUT2D eigenvalue weighted by Gasteiger charge is -2.09. The predicted molar refractivity (Wildman–Crippen MR) is 101 cm³/mol. The van der Waals surface area contributed by atoms with Gasteiger partial charge in [0.15, 0.2) is 0 Å². The van der Waals surface area contributed by atoms with Crippen LogP contribution in [0.2, 0.25) is 0 Å². The molecule has 7 nitrogen and oxygen atoms in total. The van der Waals surface area contributed by atoms with Crippen molar-refractivity contribution in [3.8, 4) is 17.2 Å². The van der Waals surface area contributed by atoms with Crippen molar-refractivity contribution in [1.82, 2.24) is 14.9 Å². The van der Waals surface area contributed by atoms with Crippen molar-refractivity contribution in [1.29, 1.82) is 0 Å². The number of nitrogens with one attached hydrogen (secondary N) is 1. The van der Waals surface area contributed by atoms with Crippen LogP contribution in [0.5, 0.6) is 5.75 Å². The van der Waals surface area contributed by atoms with Gasteiger partial charge in [-0.15, -0.1) is 10.2 Å². The average Bonchev–Trinajstić information content (AvgIpc) is 3.12. The van der Waals surface area contributed by atoms with Gasteiger partial charge < -0.3 is 9.15 Å². The molecule has 0 saturated heterocycles. The van der Waals surface area contributed by atoms with E-state index in [1.54, 1.807) is 32.2 Å². The Morgan fingerprint density at radius 2 is 1.93 bits per heavy atom. The summed E-state index contributed by atoms with van der Waals surface area (Å²) in [5, 5.41) is 7.99. The van der Waals surface area contributed by atoms with Gasteiger partial charge in [-0.25, -0.2) is 13.1 Å². The van der Waals surface area contributed by atoms with E-state index in [9.17, 15) is 8.42 Å². The minimum atomic E-state index is -3.59. The third kappa shape index (κ3) is 4.53. The van der Waals surface area contributed by atoms with Crippen molar-refractivity contribution in [2.75, 3.05) is 13.7 Å². The summed E-state index contributed by atoms with van der Waals surface area (Å²) in [6.07, 6.45) is 0.293. The van der Waals surface area contributed by atoms with Crippen LogP contribution in [0.1, 0.15) is 17.0 Å². The molecule has 1 N–H and O–H groups in total. The normalized spacial score (nSPS) is 11.5. The van der Waals surface area contributed by atoms with Gasteiger partial charge in [-0.05, 0) is 49.2 Å². The van der Waals surface area contributed by atoms with E-state index < -0.39 is 10.0 Å². The number of methoxy groups -OCH3 is 1. The van der Waals surface area contributed by atoms with Crippen LogP contribution >= 0.6 is 0 Å². The van der Waals surface area contributed by atoms with Crippen molar-refractivity contribution in [2.45, 2.75) is 25.2 Å². The van der Waals surface area contributed by atoms with Crippen LogP contribution in [0.4, 0.5) is 0 Å². The Bertz CT molecular complexity index is 1040. The van der Waals surface area contributed by atoms with Gasteiger partial charge in [0, 0.05) is 18.5 Å². The second-order valence-electron chi connectivity index (χ2n) is 6.15. The van der Waals surface area contributed by atoms with Crippen LogP contribution in [0.15, 0.2) is 51.8 Å². The van der Waals surface area contributed by atoms with Crippen LogP contribution in [0.25, 0.3) is 11.5 Å². The number of hydrogen-bond acceptors (Lipinski definition) is 6. The number of benzene rings is 2. The minimum Gasteiger partial charge on any atom is -0.497 e. The maximum absolute atomic E-state index is 12.5. The number of sulfonamides is 1. The van der Waals surface area contributed by atoms with Gasteiger partial charge >= 0.3 is 0 Å². The molecule has 142 valence electrons. The van der Waals surface area contributed by atoms with Crippen LogP contribution in [0, 0.1) is 13.8 Å². The average molecular weight is 387 g/mol. The van der Waals surface area contributed by atoms with Gasteiger partial charge in [0.1, 0.15) is 5.75 Å². The molecule has 0 atom stereocenters. The maximum atomic E-state index is 12.5. The Morgan fingerprint density at radius 1 is 1.11 bits per heavy atom. The molecule has 27 heavy (non-hydrogen) atoms. The summed E-state index contributed by atoms with van der Waals surface area (Å²) in [6, 6.07) is 12.6. The predicted octanol–water partition coefficient (Wildman–Crippen LogP) is 2.88. The van der Waals surface area contributed by atoms with Crippen LogP contribution in [-0.2, 0) is 16.4 Å². The number of hydrogen-bond donors (Lipinski definition) is 1. The van der Waals surface area contributed by atoms with Gasteiger partial charge in [0.2, 0.25) is 21.8 Å². The fraction of sp³-hybridized carbons (Fsp3) is 0.263. The van der Waals surface area contributed by atoms with E-state index in [1.165, 1.54) is 0 Å². The molecule has 0 bridgehead atoms. The molecule has 1 aromatic heterocycles. The second-order valence-corrected chi connectivity index (χ2v) is 7.89. The van der Waals surface area contributed by atoms with E-state index >= 15 is 0 Å². The monoisotopic (exact) mass is 387 g/mol. The van der Waals surface area contributed by atoms with Crippen molar-refractivity contribution < 1.29 is 17.6 Å². The number of nitrogens with zero attached hydrogens (tertiary/aromatic N) is 2. The molecule has 0 aliphatic rings. The molecular weight excluding hydrogens is 366 g/mol. The van der Waals surface area contributed by atoms with Gasteiger partial charge in [0.25, 0.3) is 0 Å². The Labute approximate surface area is 158 Å². The maximum Gasteiger partial charge on any atom is 0.247 e. The summed E-state index contributed by atoms with van der Waals surface area (Å²) in [5.74, 6) is 1.41. The van der Waals surface area contributed by atoms with Crippen molar-refractivity contribution in [3.63, 3.8) is 0 Å². The molecule has 0 fully saturated rings. The van der Waals surface area contributed by atoms with E-state index in [0.717, 1.165) is 11.1 Å². The first-order chi connectivity index (χ1) is 12.9. The number of rotatable bonds is 7. The van der Waals surface area contributed by atoms with Crippen molar-refractivity contribution in [3.05, 3.63) is 59.5 Å². The molecule has 0 unspecified atom stereocenters. The number of ether oxygens (including phenoxy) is 1. The SMILES string of the molecule is COc1cccc(-c2nnc(CCNS(=O)(=O)c3cc(C)ccc3C)o2)c1. The summed E-state index contributed by atoms with van der Waals surface area (Å²) < 4.78 is 38.4. The molecule has 3 rings (SSSR count). The summed E-state index contributed by atoms with van der Waals surface area (Å²) in [6.45, 7) is 3.79. The zero-order chi connectivity index (χ0) is 19.4. The van der Waals surface area contributed by atoms with Crippen LogP contribution < -0.4 is 9.46 Å². The molecule has 8 heteroatoms. The lowest BCUT2D eigenvalue weighted by atomic mass is 10.2. The van der Waals surface area contributed by atoms with Gasteiger partial charge in [-0.3, -0.25) is 0 Å². The molecule has 3 aromatic rings. The number of aromatic nitrogens is 2. The fourth-order valence-electron chi connectivity index (χ4n) is 2.59. The van der Waals surface area contributed by atoms with E-state index in [4.69, 9.17) is 9.15 Å². The lowest BCUT2D eigenvalue weighted by Crippen LogP contribution is -2.26. The molecule has 0 saturated carbocycles. The van der Waals surface area contributed by atoms with Gasteiger partial charge in [0.05, 0.1) is 12.0 Å². The van der Waals surface area contributed by atoms with E-state index in [2.05, 4.69) is 14.9 Å². The third-order valence-corrected chi connectivity index (χ3v) is 5.65. The first-order valence-electron chi connectivity index (χ1n) is 8.43.